The molecule has 2 aliphatic carbocycles. The SMILES string of the molecule is NS(=O)(=O)c1ccccc1C1CCC(F)(CN[C@@H]2C[C@H]2c2ccccc2)CC1. The van der Waals surface area contributed by atoms with Gasteiger partial charge in [0.1, 0.15) is 5.67 Å². The molecule has 3 N–H and O–H groups in total. The van der Waals surface area contributed by atoms with Crippen LogP contribution in [0.25, 0.3) is 0 Å². The van der Waals surface area contributed by atoms with Gasteiger partial charge in [-0.1, -0.05) is 48.5 Å². The maximum atomic E-state index is 15.3. The minimum absolute atomic E-state index is 0.0383. The average Bonchev–Trinajstić information content (AvgIpc) is 3.47. The molecule has 6 heteroatoms. The summed E-state index contributed by atoms with van der Waals surface area (Å²) >= 11 is 0. The Labute approximate surface area is 166 Å². The number of nitrogens with one attached hydrogen (secondary N) is 1. The Bertz CT molecular complexity index is 925. The first-order valence-corrected chi connectivity index (χ1v) is 11.5. The minimum atomic E-state index is -3.76. The van der Waals surface area contributed by atoms with Crippen molar-refractivity contribution in [2.24, 2.45) is 5.14 Å². The molecule has 150 valence electrons. The lowest BCUT2D eigenvalue weighted by Gasteiger charge is -2.35. The van der Waals surface area contributed by atoms with Crippen LogP contribution in [0.3, 0.4) is 0 Å². The fraction of sp³-hybridized carbons (Fsp3) is 0.455. The molecule has 2 aliphatic rings. The van der Waals surface area contributed by atoms with Gasteiger partial charge in [-0.25, -0.2) is 17.9 Å². The van der Waals surface area contributed by atoms with E-state index in [0.29, 0.717) is 44.2 Å². The van der Waals surface area contributed by atoms with Gasteiger partial charge in [-0.05, 0) is 55.2 Å². The predicted octanol–water partition coefficient (Wildman–Crippen LogP) is 3.85. The van der Waals surface area contributed by atoms with Gasteiger partial charge in [-0.3, -0.25) is 0 Å². The van der Waals surface area contributed by atoms with Crippen LogP contribution in [0.1, 0.15) is 55.1 Å². The van der Waals surface area contributed by atoms with E-state index in [9.17, 15) is 8.42 Å². The lowest BCUT2D eigenvalue weighted by Crippen LogP contribution is -2.40. The van der Waals surface area contributed by atoms with E-state index in [1.54, 1.807) is 12.1 Å². The van der Waals surface area contributed by atoms with Crippen molar-refractivity contribution in [1.82, 2.24) is 5.32 Å². The lowest BCUT2D eigenvalue weighted by atomic mass is 9.77. The molecule has 28 heavy (non-hydrogen) atoms. The normalized spacial score (nSPS) is 30.1. The zero-order valence-electron chi connectivity index (χ0n) is 15.9. The van der Waals surface area contributed by atoms with E-state index in [1.165, 1.54) is 5.56 Å². The van der Waals surface area contributed by atoms with Crippen molar-refractivity contribution >= 4 is 10.0 Å². The fourth-order valence-electron chi connectivity index (χ4n) is 4.50. The number of halogens is 1. The third-order valence-corrected chi connectivity index (χ3v) is 7.23. The molecule has 4 rings (SSSR count). The summed E-state index contributed by atoms with van der Waals surface area (Å²) in [7, 11) is -3.76. The topological polar surface area (TPSA) is 72.2 Å². The quantitative estimate of drug-likeness (QED) is 0.771. The van der Waals surface area contributed by atoms with Crippen LogP contribution < -0.4 is 10.5 Å². The van der Waals surface area contributed by atoms with Crippen molar-refractivity contribution < 1.29 is 12.8 Å². The summed E-state index contributed by atoms with van der Waals surface area (Å²) in [5, 5.41) is 8.77. The molecule has 2 aromatic rings. The minimum Gasteiger partial charge on any atom is -0.310 e. The average molecular weight is 403 g/mol. The molecule has 0 amide bonds. The van der Waals surface area contributed by atoms with Crippen LogP contribution in [0.15, 0.2) is 59.5 Å². The standard InChI is InChI=1S/C22H27FN2O2S/c23-22(15-25-20-14-19(20)16-6-2-1-3-7-16)12-10-17(11-13-22)18-8-4-5-9-21(18)28(24,26)27/h1-9,17,19-20,25H,10-15H2,(H2,24,26,27)/t17?,19-,20+,22?/m0/s1. The molecule has 2 saturated carbocycles. The molecule has 0 unspecified atom stereocenters. The van der Waals surface area contributed by atoms with Gasteiger partial charge >= 0.3 is 0 Å². The highest BCUT2D eigenvalue weighted by molar-refractivity contribution is 7.89. The largest absolute Gasteiger partial charge is 0.310 e. The summed E-state index contributed by atoms with van der Waals surface area (Å²) in [5.41, 5.74) is 0.819. The summed E-state index contributed by atoms with van der Waals surface area (Å²) in [6, 6.07) is 17.6. The van der Waals surface area contributed by atoms with Crippen LogP contribution in [0.4, 0.5) is 4.39 Å². The second-order valence-corrected chi connectivity index (χ2v) is 9.78. The first-order valence-electron chi connectivity index (χ1n) is 9.95. The highest BCUT2D eigenvalue weighted by Crippen LogP contribution is 2.44. The number of primary sulfonamides is 1. The summed E-state index contributed by atoms with van der Waals surface area (Å²) in [6.45, 7) is 0.366. The van der Waals surface area contributed by atoms with Gasteiger partial charge in [0.25, 0.3) is 0 Å². The number of sulfonamides is 1. The molecule has 0 heterocycles. The van der Waals surface area contributed by atoms with E-state index >= 15 is 4.39 Å². The summed E-state index contributed by atoms with van der Waals surface area (Å²) in [6.07, 6.45) is 3.21. The smallest absolute Gasteiger partial charge is 0.238 e. The molecule has 0 bridgehead atoms. The number of benzene rings is 2. The molecule has 0 saturated heterocycles. The van der Waals surface area contributed by atoms with Crippen LogP contribution in [-0.4, -0.2) is 26.7 Å². The van der Waals surface area contributed by atoms with Crippen molar-refractivity contribution in [2.45, 2.75) is 60.5 Å². The predicted molar refractivity (Wildman–Crippen MR) is 108 cm³/mol. The van der Waals surface area contributed by atoms with E-state index in [1.807, 2.05) is 30.3 Å². The Hall–Kier alpha value is -1.76. The van der Waals surface area contributed by atoms with E-state index in [4.69, 9.17) is 5.14 Å². The van der Waals surface area contributed by atoms with Crippen molar-refractivity contribution in [1.29, 1.82) is 0 Å². The van der Waals surface area contributed by atoms with Crippen LogP contribution >= 0.6 is 0 Å². The fourth-order valence-corrected chi connectivity index (χ4v) is 5.33. The van der Waals surface area contributed by atoms with Crippen molar-refractivity contribution in [3.8, 4) is 0 Å². The number of rotatable bonds is 6. The van der Waals surface area contributed by atoms with Crippen molar-refractivity contribution in [3.63, 3.8) is 0 Å². The van der Waals surface area contributed by atoms with Gasteiger partial charge in [0, 0.05) is 18.5 Å². The monoisotopic (exact) mass is 402 g/mol. The zero-order valence-corrected chi connectivity index (χ0v) is 16.7. The second-order valence-electron chi connectivity index (χ2n) is 8.25. The molecule has 0 spiro atoms. The Kier molecular flexibility index (Phi) is 5.29. The summed E-state index contributed by atoms with van der Waals surface area (Å²) in [4.78, 5) is 0.174. The molecular weight excluding hydrogens is 375 g/mol. The molecule has 4 nitrogen and oxygen atoms in total. The summed E-state index contributed by atoms with van der Waals surface area (Å²) in [5.74, 6) is 0.527. The van der Waals surface area contributed by atoms with Crippen molar-refractivity contribution in [2.75, 3.05) is 6.54 Å². The van der Waals surface area contributed by atoms with Gasteiger partial charge < -0.3 is 5.32 Å². The van der Waals surface area contributed by atoms with Gasteiger partial charge in [-0.15, -0.1) is 0 Å². The highest BCUT2D eigenvalue weighted by atomic mass is 32.2. The first-order chi connectivity index (χ1) is 13.4. The molecule has 0 aliphatic heterocycles. The van der Waals surface area contributed by atoms with Gasteiger partial charge in [-0.2, -0.15) is 0 Å². The van der Waals surface area contributed by atoms with Crippen LogP contribution in [0, 0.1) is 0 Å². The molecule has 0 aromatic heterocycles. The lowest BCUT2D eigenvalue weighted by molar-refractivity contribution is 0.0960. The maximum absolute atomic E-state index is 15.3. The van der Waals surface area contributed by atoms with Crippen LogP contribution in [-0.2, 0) is 10.0 Å². The maximum Gasteiger partial charge on any atom is 0.238 e. The Morgan fingerprint density at radius 1 is 1.04 bits per heavy atom. The number of alkyl halides is 1. The first kappa shape index (κ1) is 19.6. The zero-order chi connectivity index (χ0) is 19.8. The molecule has 2 aromatic carbocycles. The molecule has 0 radical (unpaired) electrons. The highest BCUT2D eigenvalue weighted by Gasteiger charge is 2.42. The molecule has 2 fully saturated rings. The number of hydrogen-bond acceptors (Lipinski definition) is 3. The Balaban J connectivity index is 1.33. The van der Waals surface area contributed by atoms with Crippen molar-refractivity contribution in [3.05, 3.63) is 65.7 Å². The van der Waals surface area contributed by atoms with Crippen LogP contribution in [0.2, 0.25) is 0 Å². The number of nitrogens with two attached hydrogens (primary N) is 1. The van der Waals surface area contributed by atoms with E-state index in [-0.39, 0.29) is 10.8 Å². The molecule has 2 atom stereocenters. The Morgan fingerprint density at radius 3 is 2.36 bits per heavy atom. The van der Waals surface area contributed by atoms with Gasteiger partial charge in [0.05, 0.1) is 4.90 Å². The van der Waals surface area contributed by atoms with E-state index < -0.39 is 15.7 Å². The van der Waals surface area contributed by atoms with Gasteiger partial charge in [0.2, 0.25) is 10.0 Å². The van der Waals surface area contributed by atoms with E-state index in [0.717, 1.165) is 12.0 Å². The van der Waals surface area contributed by atoms with E-state index in [2.05, 4.69) is 17.4 Å². The third-order valence-electron chi connectivity index (χ3n) is 6.25. The van der Waals surface area contributed by atoms with Crippen LogP contribution in [0.5, 0.6) is 0 Å². The molecular formula is C22H27FN2O2S. The Morgan fingerprint density at radius 2 is 1.68 bits per heavy atom. The summed E-state index contributed by atoms with van der Waals surface area (Å²) < 4.78 is 39.0. The second kappa shape index (κ2) is 7.58. The number of hydrogen-bond donors (Lipinski definition) is 2. The third kappa shape index (κ3) is 4.29. The van der Waals surface area contributed by atoms with Gasteiger partial charge in [0.15, 0.2) is 0 Å².